The van der Waals surface area contributed by atoms with Crippen molar-refractivity contribution in [2.24, 2.45) is 0 Å². The predicted molar refractivity (Wildman–Crippen MR) is 203 cm³/mol. The lowest BCUT2D eigenvalue weighted by molar-refractivity contribution is -0.359. The third-order valence-corrected chi connectivity index (χ3v) is 10.5. The number of ether oxygens (including phenoxy) is 4. The van der Waals surface area contributed by atoms with Gasteiger partial charge in [0.1, 0.15) is 48.8 Å². The van der Waals surface area contributed by atoms with Crippen LogP contribution in [0.5, 0.6) is 0 Å². The summed E-state index contributed by atoms with van der Waals surface area (Å²) >= 11 is 0. The molecule has 0 radical (unpaired) electrons. The van der Waals surface area contributed by atoms with E-state index in [2.05, 4.69) is 12.2 Å². The van der Waals surface area contributed by atoms with Gasteiger partial charge in [0.15, 0.2) is 12.6 Å². The molecule has 0 aliphatic carbocycles. The lowest BCUT2D eigenvalue weighted by Crippen LogP contribution is -2.65. The molecule has 14 heteroatoms. The minimum atomic E-state index is -1.78. The minimum Gasteiger partial charge on any atom is -0.394 e. The Morgan fingerprint density at radius 2 is 1.15 bits per heavy atom. The van der Waals surface area contributed by atoms with Gasteiger partial charge in [-0.15, -0.1) is 0 Å². The summed E-state index contributed by atoms with van der Waals surface area (Å²) in [7, 11) is 0. The van der Waals surface area contributed by atoms with Crippen LogP contribution in [0, 0.1) is 0 Å². The maximum Gasteiger partial charge on any atom is 0.220 e. The van der Waals surface area contributed by atoms with Gasteiger partial charge in [-0.2, -0.15) is 0 Å². The van der Waals surface area contributed by atoms with Gasteiger partial charge >= 0.3 is 0 Å². The van der Waals surface area contributed by atoms with Crippen LogP contribution in [0.2, 0.25) is 0 Å². The van der Waals surface area contributed by atoms with E-state index in [1.165, 1.54) is 83.5 Å². The van der Waals surface area contributed by atoms with Crippen molar-refractivity contribution in [3.05, 3.63) is 12.2 Å². The quantitative estimate of drug-likeness (QED) is 0.0378. The first-order valence-electron chi connectivity index (χ1n) is 20.9. The lowest BCUT2D eigenvalue weighted by Gasteiger charge is -2.46. The first-order chi connectivity index (χ1) is 26.1. The first-order valence-corrected chi connectivity index (χ1v) is 20.9. The summed E-state index contributed by atoms with van der Waals surface area (Å²) in [6, 6.07) is -0.903. The Kier molecular flexibility index (Phi) is 26.3. The molecule has 1 amide bonds. The van der Waals surface area contributed by atoms with Gasteiger partial charge in [0, 0.05) is 6.42 Å². The van der Waals surface area contributed by atoms with Crippen LogP contribution in [0.15, 0.2) is 12.2 Å². The highest BCUT2D eigenvalue weighted by Crippen LogP contribution is 2.30. The molecule has 12 atom stereocenters. The number of allylic oxidation sites excluding steroid dienone is 1. The van der Waals surface area contributed by atoms with E-state index in [0.717, 1.165) is 32.1 Å². The Balaban J connectivity index is 1.82. The molecule has 0 bridgehead atoms. The molecule has 54 heavy (non-hydrogen) atoms. The number of unbranched alkanes of at least 4 members (excludes halogenated alkanes) is 17. The average Bonchev–Trinajstić information content (AvgIpc) is 3.16. The zero-order chi connectivity index (χ0) is 39.7. The number of rotatable bonds is 30. The molecule has 0 aromatic heterocycles. The highest BCUT2D eigenvalue weighted by molar-refractivity contribution is 5.76. The van der Waals surface area contributed by atoms with Crippen LogP contribution in [0.1, 0.15) is 142 Å². The fourth-order valence-electron chi connectivity index (χ4n) is 6.94. The summed E-state index contributed by atoms with van der Waals surface area (Å²) in [5.41, 5.74) is 0. The molecule has 2 heterocycles. The monoisotopic (exact) mass is 778 g/mol. The SMILES string of the molecule is CCCCCCCCCCCCCCCCC/C=C/C(O)C(COC1OC(CO)C(OC2OC(CO)C(O)C(O)C2O)C(O)C1O)NC(=O)CCCCC. The number of hydrogen-bond donors (Lipinski definition) is 9. The van der Waals surface area contributed by atoms with Gasteiger partial charge in [0.2, 0.25) is 5.91 Å². The number of hydrogen-bond acceptors (Lipinski definition) is 13. The standard InChI is InChI=1S/C40H75NO13/c1-3-5-7-8-9-10-11-12-13-14-15-16-17-18-19-20-22-23-29(44)28(41-32(45)24-21-6-4-2)27-51-39-37(50)35(48)38(31(26-43)53-39)54-40-36(49)34(47)33(46)30(25-42)52-40/h22-23,28-31,33-40,42-44,46-50H,3-21,24-27H2,1-2H3,(H,41,45)/b23-22+. The Labute approximate surface area is 323 Å². The van der Waals surface area contributed by atoms with E-state index >= 15 is 0 Å². The summed E-state index contributed by atoms with van der Waals surface area (Å²) in [6.07, 6.45) is 9.38. The second kappa shape index (κ2) is 29.0. The van der Waals surface area contributed by atoms with Gasteiger partial charge < -0.3 is 65.1 Å². The smallest absolute Gasteiger partial charge is 0.220 e. The maximum absolute atomic E-state index is 12.7. The number of aliphatic hydroxyl groups is 8. The molecule has 2 aliphatic rings. The Hall–Kier alpha value is -1.27. The van der Waals surface area contributed by atoms with E-state index in [1.54, 1.807) is 6.08 Å². The number of amides is 1. The van der Waals surface area contributed by atoms with Crippen LogP contribution < -0.4 is 5.32 Å². The maximum atomic E-state index is 12.7. The van der Waals surface area contributed by atoms with E-state index in [1.807, 2.05) is 13.0 Å². The van der Waals surface area contributed by atoms with Crippen molar-refractivity contribution in [1.29, 1.82) is 0 Å². The Morgan fingerprint density at radius 3 is 1.70 bits per heavy atom. The van der Waals surface area contributed by atoms with Crippen molar-refractivity contribution in [3.8, 4) is 0 Å². The van der Waals surface area contributed by atoms with Crippen molar-refractivity contribution < 1.29 is 64.6 Å². The van der Waals surface area contributed by atoms with Crippen LogP contribution in [0.25, 0.3) is 0 Å². The Bertz CT molecular complexity index is 972. The summed E-state index contributed by atoms with van der Waals surface area (Å²) in [6.45, 7) is 2.57. The molecule has 2 rings (SSSR count). The number of carbonyl (C=O) groups excluding carboxylic acids is 1. The fourth-order valence-corrected chi connectivity index (χ4v) is 6.94. The molecule has 318 valence electrons. The second-order valence-corrected chi connectivity index (χ2v) is 15.1. The van der Waals surface area contributed by atoms with Gasteiger partial charge in [0.05, 0.1) is 32.0 Å². The third kappa shape index (κ3) is 17.9. The van der Waals surface area contributed by atoms with E-state index < -0.39 is 86.8 Å². The number of aliphatic hydroxyl groups excluding tert-OH is 8. The van der Waals surface area contributed by atoms with Gasteiger partial charge in [-0.25, -0.2) is 0 Å². The average molecular weight is 778 g/mol. The van der Waals surface area contributed by atoms with Crippen LogP contribution in [-0.4, -0.2) is 140 Å². The predicted octanol–water partition coefficient (Wildman–Crippen LogP) is 2.87. The summed E-state index contributed by atoms with van der Waals surface area (Å²) < 4.78 is 22.4. The molecule has 0 spiro atoms. The largest absolute Gasteiger partial charge is 0.394 e. The van der Waals surface area contributed by atoms with Gasteiger partial charge in [-0.3, -0.25) is 4.79 Å². The highest BCUT2D eigenvalue weighted by Gasteiger charge is 2.50. The van der Waals surface area contributed by atoms with Crippen molar-refractivity contribution >= 4 is 5.91 Å². The molecular formula is C40H75NO13. The van der Waals surface area contributed by atoms with Gasteiger partial charge in [-0.05, 0) is 19.3 Å². The fraction of sp³-hybridized carbons (Fsp3) is 0.925. The molecule has 0 saturated carbocycles. The molecule has 12 unspecified atom stereocenters. The molecule has 2 fully saturated rings. The summed E-state index contributed by atoms with van der Waals surface area (Å²) in [5, 5.41) is 85.7. The lowest BCUT2D eigenvalue weighted by atomic mass is 9.97. The van der Waals surface area contributed by atoms with Crippen LogP contribution in [-0.2, 0) is 23.7 Å². The summed E-state index contributed by atoms with van der Waals surface area (Å²) in [5.74, 6) is -0.265. The van der Waals surface area contributed by atoms with Crippen molar-refractivity contribution in [1.82, 2.24) is 5.32 Å². The zero-order valence-corrected chi connectivity index (χ0v) is 33.0. The van der Waals surface area contributed by atoms with Crippen molar-refractivity contribution in [2.75, 3.05) is 19.8 Å². The second-order valence-electron chi connectivity index (χ2n) is 15.1. The minimum absolute atomic E-state index is 0.265. The molecule has 2 saturated heterocycles. The molecule has 0 aromatic rings. The van der Waals surface area contributed by atoms with Crippen LogP contribution in [0.3, 0.4) is 0 Å². The number of nitrogens with one attached hydrogen (secondary N) is 1. The van der Waals surface area contributed by atoms with Crippen molar-refractivity contribution in [2.45, 2.75) is 216 Å². The molecular weight excluding hydrogens is 702 g/mol. The first kappa shape index (κ1) is 48.9. The molecule has 0 aromatic carbocycles. The van der Waals surface area contributed by atoms with Gasteiger partial charge in [-0.1, -0.05) is 129 Å². The normalized spacial score (nSPS) is 30.1. The topological polar surface area (TPSA) is 228 Å². The molecule has 14 nitrogen and oxygen atoms in total. The van der Waals surface area contributed by atoms with E-state index in [4.69, 9.17) is 18.9 Å². The van der Waals surface area contributed by atoms with E-state index in [0.29, 0.717) is 6.42 Å². The molecule has 2 aliphatic heterocycles. The zero-order valence-electron chi connectivity index (χ0n) is 33.0. The Morgan fingerprint density at radius 1 is 0.648 bits per heavy atom. The van der Waals surface area contributed by atoms with E-state index in [9.17, 15) is 45.6 Å². The van der Waals surface area contributed by atoms with E-state index in [-0.39, 0.29) is 18.9 Å². The summed E-state index contributed by atoms with van der Waals surface area (Å²) in [4.78, 5) is 12.7. The van der Waals surface area contributed by atoms with Crippen LogP contribution in [0.4, 0.5) is 0 Å². The highest BCUT2D eigenvalue weighted by atomic mass is 16.7. The van der Waals surface area contributed by atoms with Crippen LogP contribution >= 0.6 is 0 Å². The number of carbonyl (C=O) groups is 1. The molecule has 9 N–H and O–H groups in total. The van der Waals surface area contributed by atoms with Crippen molar-refractivity contribution in [3.63, 3.8) is 0 Å². The van der Waals surface area contributed by atoms with Gasteiger partial charge in [0.25, 0.3) is 0 Å². The third-order valence-electron chi connectivity index (χ3n) is 10.5.